The van der Waals surface area contributed by atoms with Crippen LogP contribution in [0.25, 0.3) is 0 Å². The maximum atomic E-state index is 12.9. The number of aromatic nitrogens is 2. The number of anilines is 2. The summed E-state index contributed by atoms with van der Waals surface area (Å²) in [6.07, 6.45) is 2.90. The summed E-state index contributed by atoms with van der Waals surface area (Å²) >= 11 is 0. The van der Waals surface area contributed by atoms with Crippen molar-refractivity contribution in [3.8, 4) is 5.88 Å². The summed E-state index contributed by atoms with van der Waals surface area (Å²) in [5, 5.41) is 3.33. The molecule has 0 aliphatic rings. The Morgan fingerprint density at radius 3 is 2.57 bits per heavy atom. The van der Waals surface area contributed by atoms with Gasteiger partial charge in [-0.1, -0.05) is 0 Å². The number of hydrogen-bond acceptors (Lipinski definition) is 5. The van der Waals surface area contributed by atoms with Gasteiger partial charge in [0.2, 0.25) is 5.88 Å². The second-order valence-electron chi connectivity index (χ2n) is 4.88. The molecule has 5 nitrogen and oxygen atoms in total. The van der Waals surface area contributed by atoms with Gasteiger partial charge in [0.15, 0.2) is 0 Å². The summed E-state index contributed by atoms with van der Waals surface area (Å²) in [5.74, 6) is 0.161. The summed E-state index contributed by atoms with van der Waals surface area (Å²) in [6, 6.07) is 4.84. The highest BCUT2D eigenvalue weighted by atomic mass is 19.1. The van der Waals surface area contributed by atoms with Gasteiger partial charge in [0, 0.05) is 20.3 Å². The fraction of sp³-hybridized carbons (Fsp3) is 0.333. The monoisotopic (exact) mass is 290 g/mol. The van der Waals surface area contributed by atoms with Crippen molar-refractivity contribution in [3.63, 3.8) is 0 Å². The number of nitrogens with one attached hydrogen (secondary N) is 1. The molecule has 2 heterocycles. The third-order valence-corrected chi connectivity index (χ3v) is 3.12. The number of methoxy groups -OCH3 is 1. The Kier molecular flexibility index (Phi) is 4.57. The van der Waals surface area contributed by atoms with Crippen molar-refractivity contribution in [1.29, 1.82) is 0 Å². The first kappa shape index (κ1) is 15.0. The number of hydrogen-bond donors (Lipinski definition) is 1. The Morgan fingerprint density at radius 1 is 1.24 bits per heavy atom. The molecule has 0 aromatic carbocycles. The fourth-order valence-electron chi connectivity index (χ4n) is 2.03. The van der Waals surface area contributed by atoms with Gasteiger partial charge >= 0.3 is 0 Å². The molecule has 0 radical (unpaired) electrons. The van der Waals surface area contributed by atoms with Crippen molar-refractivity contribution in [2.24, 2.45) is 0 Å². The lowest BCUT2D eigenvalue weighted by Gasteiger charge is -2.22. The molecule has 2 aromatic heterocycles. The van der Waals surface area contributed by atoms with Gasteiger partial charge in [-0.15, -0.1) is 0 Å². The highest BCUT2D eigenvalue weighted by Crippen LogP contribution is 2.34. The maximum Gasteiger partial charge on any atom is 0.239 e. The maximum absolute atomic E-state index is 12.9. The van der Waals surface area contributed by atoms with E-state index in [1.54, 1.807) is 19.4 Å². The lowest BCUT2D eigenvalue weighted by molar-refractivity contribution is 0.399. The average Bonchev–Trinajstić information content (AvgIpc) is 2.47. The lowest BCUT2D eigenvalue weighted by Crippen LogP contribution is -2.16. The first-order valence-corrected chi connectivity index (χ1v) is 6.61. The molecule has 0 bridgehead atoms. The molecule has 0 saturated carbocycles. The number of pyridine rings is 2. The van der Waals surface area contributed by atoms with Crippen molar-refractivity contribution in [2.75, 3.05) is 31.4 Å². The summed E-state index contributed by atoms with van der Waals surface area (Å²) in [4.78, 5) is 10.3. The van der Waals surface area contributed by atoms with Gasteiger partial charge in [0.25, 0.3) is 0 Å². The van der Waals surface area contributed by atoms with Crippen molar-refractivity contribution in [1.82, 2.24) is 9.97 Å². The summed E-state index contributed by atoms with van der Waals surface area (Å²) in [7, 11) is 5.47. The Balaban J connectivity index is 2.31. The van der Waals surface area contributed by atoms with Crippen molar-refractivity contribution in [2.45, 2.75) is 13.0 Å². The van der Waals surface area contributed by atoms with Crippen LogP contribution in [0.4, 0.5) is 15.8 Å². The van der Waals surface area contributed by atoms with E-state index in [2.05, 4.69) is 15.3 Å². The molecule has 2 aromatic rings. The smallest absolute Gasteiger partial charge is 0.239 e. The molecule has 0 saturated heterocycles. The molecule has 21 heavy (non-hydrogen) atoms. The first-order chi connectivity index (χ1) is 10.0. The van der Waals surface area contributed by atoms with Gasteiger partial charge < -0.3 is 15.0 Å². The third-order valence-electron chi connectivity index (χ3n) is 3.12. The first-order valence-electron chi connectivity index (χ1n) is 6.61. The van der Waals surface area contributed by atoms with E-state index < -0.39 is 0 Å². The van der Waals surface area contributed by atoms with Crippen LogP contribution in [-0.2, 0) is 0 Å². The Hall–Kier alpha value is -2.37. The summed E-state index contributed by atoms with van der Waals surface area (Å²) in [6.45, 7) is 1.95. The Labute approximate surface area is 123 Å². The highest BCUT2D eigenvalue weighted by Gasteiger charge is 2.16. The molecular formula is C15H19FN4O. The Bertz CT molecular complexity index is 601. The molecular weight excluding hydrogens is 271 g/mol. The second-order valence-corrected chi connectivity index (χ2v) is 4.88. The summed E-state index contributed by atoms with van der Waals surface area (Å²) < 4.78 is 18.3. The van der Waals surface area contributed by atoms with Crippen LogP contribution >= 0.6 is 0 Å². The van der Waals surface area contributed by atoms with E-state index in [4.69, 9.17) is 4.74 Å². The van der Waals surface area contributed by atoms with Crippen LogP contribution in [0.5, 0.6) is 5.88 Å². The Morgan fingerprint density at radius 2 is 2.00 bits per heavy atom. The number of nitrogens with zero attached hydrogens (tertiary/aromatic N) is 3. The molecule has 0 amide bonds. The van der Waals surface area contributed by atoms with Crippen LogP contribution < -0.4 is 15.0 Å². The number of halogens is 1. The summed E-state index contributed by atoms with van der Waals surface area (Å²) in [5.41, 5.74) is 2.48. The van der Waals surface area contributed by atoms with E-state index in [0.29, 0.717) is 5.88 Å². The zero-order valence-electron chi connectivity index (χ0n) is 12.6. The normalized spacial score (nSPS) is 11.9. The van der Waals surface area contributed by atoms with E-state index in [1.807, 2.05) is 32.0 Å². The van der Waals surface area contributed by atoms with Gasteiger partial charge in [0.1, 0.15) is 11.5 Å². The molecule has 1 unspecified atom stereocenters. The molecule has 0 spiro atoms. The minimum Gasteiger partial charge on any atom is -0.479 e. The van der Waals surface area contributed by atoms with E-state index >= 15 is 0 Å². The van der Waals surface area contributed by atoms with E-state index in [9.17, 15) is 4.39 Å². The standard InChI is InChI=1S/C15H19FN4O/c1-10(12-6-5-11(16)9-18-12)19-14-13(20(2)3)7-8-17-15(14)21-4/h5-10,19H,1-4H3. The van der Waals surface area contributed by atoms with E-state index in [-0.39, 0.29) is 11.9 Å². The molecule has 1 atom stereocenters. The lowest BCUT2D eigenvalue weighted by atomic mass is 10.2. The van der Waals surface area contributed by atoms with Gasteiger partial charge in [-0.05, 0) is 25.1 Å². The molecule has 6 heteroatoms. The predicted molar refractivity (Wildman–Crippen MR) is 81.3 cm³/mol. The van der Waals surface area contributed by atoms with Gasteiger partial charge in [-0.25, -0.2) is 9.37 Å². The molecule has 112 valence electrons. The molecule has 0 fully saturated rings. The van der Waals surface area contributed by atoms with Crippen LogP contribution in [0.15, 0.2) is 30.6 Å². The van der Waals surface area contributed by atoms with Crippen LogP contribution in [0.1, 0.15) is 18.7 Å². The highest BCUT2D eigenvalue weighted by molar-refractivity contribution is 5.74. The molecule has 2 rings (SSSR count). The van der Waals surface area contributed by atoms with Gasteiger partial charge in [-0.2, -0.15) is 0 Å². The molecule has 1 N–H and O–H groups in total. The topological polar surface area (TPSA) is 50.3 Å². The van der Waals surface area contributed by atoms with Gasteiger partial charge in [0.05, 0.1) is 30.7 Å². The number of ether oxygens (including phenoxy) is 1. The molecule has 0 aliphatic heterocycles. The SMILES string of the molecule is COc1nccc(N(C)C)c1NC(C)c1ccc(F)cn1. The third kappa shape index (κ3) is 3.39. The van der Waals surface area contributed by atoms with Crippen LogP contribution in [0.2, 0.25) is 0 Å². The minimum atomic E-state index is -0.348. The average molecular weight is 290 g/mol. The van der Waals surface area contributed by atoms with Crippen molar-refractivity contribution < 1.29 is 9.13 Å². The largest absolute Gasteiger partial charge is 0.479 e. The zero-order chi connectivity index (χ0) is 15.4. The second kappa shape index (κ2) is 6.39. The quantitative estimate of drug-likeness (QED) is 0.917. The van der Waals surface area contributed by atoms with E-state index in [0.717, 1.165) is 17.1 Å². The van der Waals surface area contributed by atoms with Crippen molar-refractivity contribution in [3.05, 3.63) is 42.1 Å². The predicted octanol–water partition coefficient (Wildman–Crippen LogP) is 2.86. The fourth-order valence-corrected chi connectivity index (χ4v) is 2.03. The zero-order valence-corrected chi connectivity index (χ0v) is 12.6. The minimum absolute atomic E-state index is 0.109. The van der Waals surface area contributed by atoms with E-state index in [1.165, 1.54) is 12.3 Å². The van der Waals surface area contributed by atoms with Crippen LogP contribution in [0.3, 0.4) is 0 Å². The van der Waals surface area contributed by atoms with Gasteiger partial charge in [-0.3, -0.25) is 4.98 Å². The molecule has 0 aliphatic carbocycles. The van der Waals surface area contributed by atoms with Crippen LogP contribution in [-0.4, -0.2) is 31.2 Å². The van der Waals surface area contributed by atoms with Crippen molar-refractivity contribution >= 4 is 11.4 Å². The number of rotatable bonds is 5. The van der Waals surface area contributed by atoms with Crippen LogP contribution in [0, 0.1) is 5.82 Å².